The molecule has 1 saturated carbocycles. The molecule has 1 fully saturated rings. The summed E-state index contributed by atoms with van der Waals surface area (Å²) in [7, 11) is 1.60. The number of hydrogen-bond acceptors (Lipinski definition) is 8. The summed E-state index contributed by atoms with van der Waals surface area (Å²) in [5.74, 6) is -4.58. The molecule has 0 heterocycles. The van der Waals surface area contributed by atoms with Crippen molar-refractivity contribution in [3.05, 3.63) is 75.6 Å². The second-order valence-corrected chi connectivity index (χ2v) is 10.0. The van der Waals surface area contributed by atoms with Crippen molar-refractivity contribution in [1.82, 2.24) is 0 Å². The average molecular weight is 505 g/mol. The van der Waals surface area contributed by atoms with Gasteiger partial charge in [0.25, 0.3) is 0 Å². The number of fused-ring (bicyclic) bond motifs is 3. The predicted octanol–water partition coefficient (Wildman–Crippen LogP) is 3.32. The van der Waals surface area contributed by atoms with Crippen LogP contribution in [0.1, 0.15) is 42.0 Å². The highest BCUT2D eigenvalue weighted by atomic mass is 16.5. The number of rotatable bonds is 5. The molecular formula is C29H28O8. The van der Waals surface area contributed by atoms with E-state index in [1.165, 1.54) is 6.07 Å². The fraction of sp³-hybridized carbons (Fsp3) is 0.345. The first kappa shape index (κ1) is 24.8. The number of carbonyl (C=O) groups excluding carboxylic acids is 3. The average Bonchev–Trinajstić information content (AvgIpc) is 2.86. The summed E-state index contributed by atoms with van der Waals surface area (Å²) in [6, 6.07) is 11.0. The van der Waals surface area contributed by atoms with Crippen molar-refractivity contribution in [1.29, 1.82) is 0 Å². The zero-order chi connectivity index (χ0) is 26.6. The van der Waals surface area contributed by atoms with Crippen LogP contribution in [-0.2, 0) is 33.6 Å². The number of methoxy groups -OCH3 is 1. The summed E-state index contributed by atoms with van der Waals surface area (Å²) in [4.78, 5) is 38.1. The van der Waals surface area contributed by atoms with Gasteiger partial charge in [-0.3, -0.25) is 14.4 Å². The van der Waals surface area contributed by atoms with Crippen LogP contribution >= 0.6 is 0 Å². The van der Waals surface area contributed by atoms with Crippen LogP contribution in [0, 0.1) is 11.8 Å². The highest BCUT2D eigenvalue weighted by Crippen LogP contribution is 2.52. The first-order chi connectivity index (χ1) is 17.6. The van der Waals surface area contributed by atoms with Crippen LogP contribution in [0.5, 0.6) is 11.5 Å². The fourth-order valence-corrected chi connectivity index (χ4v) is 6.10. The number of aromatic hydroxyl groups is 1. The van der Waals surface area contributed by atoms with E-state index < -0.39 is 51.9 Å². The number of benzene rings is 2. The number of hydrogen-bond donors (Lipinski definition) is 4. The standard InChI is InChI=1S/C29H28O8/c1-14(30)23-22(32)13-18-11-17-12-20-16(6-3-15-4-8-19(37-2)9-5-15)7-10-21(31)25(20)26(33)24(17)28(35)29(18,36)27(23)34/h4-5,7-10,17-18,31,33-34,36H,3,6,11-13H2,1-2H3/t17-,18+,29-/m1/s1. The summed E-state index contributed by atoms with van der Waals surface area (Å²) in [6.45, 7) is 1.09. The van der Waals surface area contributed by atoms with Crippen LogP contribution in [0.3, 0.4) is 0 Å². The zero-order valence-corrected chi connectivity index (χ0v) is 20.6. The largest absolute Gasteiger partial charge is 0.508 e. The molecule has 4 N–H and O–H groups in total. The Hall–Kier alpha value is -3.91. The minimum atomic E-state index is -2.48. The Morgan fingerprint density at radius 2 is 1.73 bits per heavy atom. The summed E-state index contributed by atoms with van der Waals surface area (Å²) >= 11 is 0. The van der Waals surface area contributed by atoms with Crippen molar-refractivity contribution in [2.45, 2.75) is 44.6 Å². The van der Waals surface area contributed by atoms with Gasteiger partial charge in [0.1, 0.15) is 28.6 Å². The Morgan fingerprint density at radius 1 is 1.03 bits per heavy atom. The fourth-order valence-electron chi connectivity index (χ4n) is 6.10. The second-order valence-electron chi connectivity index (χ2n) is 10.0. The Kier molecular flexibility index (Phi) is 5.95. The molecule has 2 aromatic carbocycles. The van der Waals surface area contributed by atoms with Crippen LogP contribution in [-0.4, -0.2) is 50.5 Å². The zero-order valence-electron chi connectivity index (χ0n) is 20.6. The Bertz CT molecular complexity index is 1400. The van der Waals surface area contributed by atoms with Gasteiger partial charge >= 0.3 is 0 Å². The van der Waals surface area contributed by atoms with Gasteiger partial charge < -0.3 is 25.2 Å². The lowest BCUT2D eigenvalue weighted by Gasteiger charge is -2.46. The molecule has 8 nitrogen and oxygen atoms in total. The first-order valence-electron chi connectivity index (χ1n) is 12.2. The minimum Gasteiger partial charge on any atom is -0.508 e. The maximum atomic E-state index is 13.6. The molecule has 0 radical (unpaired) electrons. The van der Waals surface area contributed by atoms with Crippen molar-refractivity contribution < 1.29 is 39.5 Å². The number of aliphatic hydroxyl groups excluding tert-OH is 2. The number of allylic oxidation sites excluding steroid dienone is 1. The van der Waals surface area contributed by atoms with E-state index in [0.717, 1.165) is 23.8 Å². The van der Waals surface area contributed by atoms with E-state index in [4.69, 9.17) is 4.74 Å². The quantitative estimate of drug-likeness (QED) is 0.455. The highest BCUT2D eigenvalue weighted by molar-refractivity contribution is 6.23. The summed E-state index contributed by atoms with van der Waals surface area (Å²) in [5, 5.41) is 44.0. The number of ketones is 3. The van der Waals surface area contributed by atoms with Crippen molar-refractivity contribution in [2.75, 3.05) is 7.11 Å². The van der Waals surface area contributed by atoms with Gasteiger partial charge in [0, 0.05) is 17.9 Å². The monoisotopic (exact) mass is 504 g/mol. The van der Waals surface area contributed by atoms with Gasteiger partial charge in [-0.1, -0.05) is 18.2 Å². The molecule has 5 rings (SSSR count). The molecule has 2 aromatic rings. The van der Waals surface area contributed by atoms with Crippen molar-refractivity contribution in [3.63, 3.8) is 0 Å². The summed E-state index contributed by atoms with van der Waals surface area (Å²) in [5.41, 5.74) is -0.318. The topological polar surface area (TPSA) is 141 Å². The number of aliphatic hydroxyl groups is 3. The van der Waals surface area contributed by atoms with Gasteiger partial charge in [0.2, 0.25) is 5.78 Å². The van der Waals surface area contributed by atoms with Crippen molar-refractivity contribution >= 4 is 23.1 Å². The molecule has 0 aromatic heterocycles. The van der Waals surface area contributed by atoms with E-state index in [1.54, 1.807) is 13.2 Å². The molecule has 0 saturated heterocycles. The van der Waals surface area contributed by atoms with E-state index in [1.807, 2.05) is 24.3 Å². The van der Waals surface area contributed by atoms with E-state index in [2.05, 4.69) is 0 Å². The number of phenolic OH excluding ortho intramolecular Hbond substituents is 1. The Labute approximate surface area is 213 Å². The normalized spacial score (nSPS) is 24.9. The van der Waals surface area contributed by atoms with Gasteiger partial charge in [-0.25, -0.2) is 0 Å². The van der Waals surface area contributed by atoms with Crippen LogP contribution < -0.4 is 4.74 Å². The van der Waals surface area contributed by atoms with E-state index >= 15 is 0 Å². The lowest BCUT2D eigenvalue weighted by molar-refractivity contribution is -0.147. The molecule has 8 heteroatoms. The van der Waals surface area contributed by atoms with Crippen LogP contribution in [0.4, 0.5) is 0 Å². The first-order valence-corrected chi connectivity index (χ1v) is 12.2. The van der Waals surface area contributed by atoms with E-state index in [-0.39, 0.29) is 29.7 Å². The van der Waals surface area contributed by atoms with Gasteiger partial charge in [-0.05, 0) is 73.4 Å². The number of Topliss-reactive ketones (excluding diaryl/α,β-unsaturated/α-hetero) is 3. The molecule has 0 unspecified atom stereocenters. The smallest absolute Gasteiger partial charge is 0.202 e. The van der Waals surface area contributed by atoms with Gasteiger partial charge in [-0.2, -0.15) is 0 Å². The number of phenols is 1. The lowest BCUT2D eigenvalue weighted by atomic mass is 9.59. The predicted molar refractivity (Wildman–Crippen MR) is 133 cm³/mol. The Balaban J connectivity index is 1.54. The molecule has 3 atom stereocenters. The molecule has 3 aliphatic rings. The van der Waals surface area contributed by atoms with E-state index in [0.29, 0.717) is 24.8 Å². The number of aryl methyl sites for hydroxylation is 2. The molecule has 0 amide bonds. The van der Waals surface area contributed by atoms with Crippen molar-refractivity contribution in [2.24, 2.45) is 11.8 Å². The number of carbonyl (C=O) groups is 3. The SMILES string of the molecule is COc1ccc(CCc2ccc(O)c3c2C[C@H]2C[C@H]4CC(=O)C(C(C)=O)=C(O)[C@@]4(O)C(=O)C2=C3O)cc1. The molecule has 0 aliphatic heterocycles. The molecule has 0 bridgehead atoms. The third-order valence-electron chi connectivity index (χ3n) is 7.99. The van der Waals surface area contributed by atoms with E-state index in [9.17, 15) is 34.8 Å². The molecule has 192 valence electrons. The van der Waals surface area contributed by atoms with Gasteiger partial charge in [-0.15, -0.1) is 0 Å². The second kappa shape index (κ2) is 8.88. The van der Waals surface area contributed by atoms with Gasteiger partial charge in [0.05, 0.1) is 12.7 Å². The molecule has 0 spiro atoms. The Morgan fingerprint density at radius 3 is 2.38 bits per heavy atom. The lowest BCUT2D eigenvalue weighted by Crippen LogP contribution is -2.57. The third-order valence-corrected chi connectivity index (χ3v) is 7.99. The highest BCUT2D eigenvalue weighted by Gasteiger charge is 2.60. The summed E-state index contributed by atoms with van der Waals surface area (Å²) in [6.07, 6.45) is 1.53. The van der Waals surface area contributed by atoms with Crippen LogP contribution in [0.15, 0.2) is 53.3 Å². The van der Waals surface area contributed by atoms with Crippen molar-refractivity contribution in [3.8, 4) is 11.5 Å². The maximum Gasteiger partial charge on any atom is 0.202 e. The molecule has 3 aliphatic carbocycles. The maximum absolute atomic E-state index is 13.6. The number of ether oxygens (including phenoxy) is 1. The summed E-state index contributed by atoms with van der Waals surface area (Å²) < 4.78 is 5.20. The minimum absolute atomic E-state index is 0.0994. The molecular weight excluding hydrogens is 476 g/mol. The molecule has 37 heavy (non-hydrogen) atoms. The van der Waals surface area contributed by atoms with Crippen LogP contribution in [0.25, 0.3) is 5.76 Å². The van der Waals surface area contributed by atoms with Crippen LogP contribution in [0.2, 0.25) is 0 Å². The van der Waals surface area contributed by atoms with Gasteiger partial charge in [0.15, 0.2) is 17.2 Å². The third kappa shape index (κ3) is 3.74.